The lowest BCUT2D eigenvalue weighted by molar-refractivity contribution is 1.15. The largest absolute Gasteiger partial charge is 0.340 e. The van der Waals surface area contributed by atoms with Gasteiger partial charge >= 0.3 is 0 Å². The number of hydrogen-bond donors (Lipinski definition) is 2. The standard InChI is InChI=1S/C21H19N5/c1-14(13-22)4-6-16(3)24-21-23-11-10-20(26-21)25-18-8-9-19-15(2)5-7-17(19)12-18/h4-6,8-12H,1,3,7H2,2H3,(H2,23,24,25,26)/b6-4-. The van der Waals surface area contributed by atoms with E-state index in [1.54, 1.807) is 24.4 Å². The summed E-state index contributed by atoms with van der Waals surface area (Å²) in [4.78, 5) is 8.62. The van der Waals surface area contributed by atoms with Crippen molar-refractivity contribution in [3.8, 4) is 6.07 Å². The summed E-state index contributed by atoms with van der Waals surface area (Å²) < 4.78 is 0. The van der Waals surface area contributed by atoms with E-state index in [2.05, 4.69) is 58.9 Å². The Hall–Kier alpha value is -3.65. The zero-order valence-electron chi connectivity index (χ0n) is 14.6. The molecule has 5 nitrogen and oxygen atoms in total. The number of nitrogens with one attached hydrogen (secondary N) is 2. The minimum Gasteiger partial charge on any atom is -0.340 e. The summed E-state index contributed by atoms with van der Waals surface area (Å²) in [5.74, 6) is 1.11. The van der Waals surface area contributed by atoms with Crippen LogP contribution in [0.15, 0.2) is 73.1 Å². The highest BCUT2D eigenvalue weighted by atomic mass is 15.1. The maximum absolute atomic E-state index is 8.70. The summed E-state index contributed by atoms with van der Waals surface area (Å²) in [6, 6.07) is 10.1. The third kappa shape index (κ3) is 4.05. The van der Waals surface area contributed by atoms with Gasteiger partial charge in [-0.1, -0.05) is 25.3 Å². The topological polar surface area (TPSA) is 73.6 Å². The highest BCUT2D eigenvalue weighted by molar-refractivity contribution is 5.74. The van der Waals surface area contributed by atoms with Crippen molar-refractivity contribution in [3.05, 3.63) is 84.2 Å². The molecule has 0 fully saturated rings. The molecule has 0 saturated carbocycles. The Morgan fingerprint density at radius 1 is 1.27 bits per heavy atom. The van der Waals surface area contributed by atoms with Crippen LogP contribution in [-0.4, -0.2) is 9.97 Å². The van der Waals surface area contributed by atoms with Gasteiger partial charge < -0.3 is 10.6 Å². The molecule has 26 heavy (non-hydrogen) atoms. The molecule has 0 aliphatic heterocycles. The summed E-state index contributed by atoms with van der Waals surface area (Å²) in [5, 5.41) is 15.0. The first-order valence-electron chi connectivity index (χ1n) is 8.18. The van der Waals surface area contributed by atoms with Gasteiger partial charge in [0.05, 0.1) is 6.07 Å². The molecule has 5 heteroatoms. The van der Waals surface area contributed by atoms with Crippen LogP contribution in [-0.2, 0) is 6.42 Å². The molecule has 2 N–H and O–H groups in total. The highest BCUT2D eigenvalue weighted by Gasteiger charge is 2.11. The van der Waals surface area contributed by atoms with Gasteiger partial charge in [0.15, 0.2) is 0 Å². The first-order valence-corrected chi connectivity index (χ1v) is 8.18. The zero-order valence-corrected chi connectivity index (χ0v) is 14.6. The Morgan fingerprint density at radius 3 is 2.92 bits per heavy atom. The average Bonchev–Trinajstić information content (AvgIpc) is 3.00. The van der Waals surface area contributed by atoms with E-state index in [1.165, 1.54) is 16.7 Å². The van der Waals surface area contributed by atoms with Gasteiger partial charge in [-0.05, 0) is 60.4 Å². The first kappa shape index (κ1) is 17.2. The molecule has 0 saturated heterocycles. The smallest absolute Gasteiger partial charge is 0.229 e. The van der Waals surface area contributed by atoms with Crippen molar-refractivity contribution < 1.29 is 0 Å². The van der Waals surface area contributed by atoms with Crippen LogP contribution in [0.25, 0.3) is 5.57 Å². The molecule has 1 aromatic heterocycles. The Bertz CT molecular complexity index is 976. The van der Waals surface area contributed by atoms with Crippen LogP contribution in [0.4, 0.5) is 17.5 Å². The molecule has 0 spiro atoms. The molecule has 0 bridgehead atoms. The second-order valence-corrected chi connectivity index (χ2v) is 5.97. The minimum absolute atomic E-state index is 0.352. The van der Waals surface area contributed by atoms with Crippen molar-refractivity contribution in [1.82, 2.24) is 9.97 Å². The second kappa shape index (κ2) is 7.49. The fourth-order valence-corrected chi connectivity index (χ4v) is 2.66. The van der Waals surface area contributed by atoms with Crippen molar-refractivity contribution in [2.24, 2.45) is 0 Å². The molecular formula is C21H19N5. The van der Waals surface area contributed by atoms with Gasteiger partial charge in [-0.25, -0.2) is 4.98 Å². The van der Waals surface area contributed by atoms with Crippen LogP contribution >= 0.6 is 0 Å². The van der Waals surface area contributed by atoms with Crippen molar-refractivity contribution in [2.45, 2.75) is 13.3 Å². The molecule has 1 aliphatic rings. The zero-order chi connectivity index (χ0) is 18.5. The molecule has 3 rings (SSSR count). The molecule has 0 unspecified atom stereocenters. The van der Waals surface area contributed by atoms with E-state index in [0.717, 1.165) is 12.1 Å². The number of nitrogens with zero attached hydrogens (tertiary/aromatic N) is 3. The SMILES string of the molecule is C=C(C#N)/C=C\C(=C)Nc1nccc(Nc2ccc3c(c2)CC=C3C)n1. The van der Waals surface area contributed by atoms with E-state index in [4.69, 9.17) is 5.26 Å². The van der Waals surface area contributed by atoms with Gasteiger partial charge in [-0.2, -0.15) is 10.2 Å². The Kier molecular flexibility index (Phi) is 4.95. The first-order chi connectivity index (χ1) is 12.5. The fraction of sp³-hybridized carbons (Fsp3) is 0.0952. The Balaban J connectivity index is 1.68. The van der Waals surface area contributed by atoms with Crippen molar-refractivity contribution in [2.75, 3.05) is 10.6 Å². The number of nitriles is 1. The molecule has 1 heterocycles. The summed E-state index contributed by atoms with van der Waals surface area (Å²) in [6.07, 6.45) is 8.11. The average molecular weight is 341 g/mol. The van der Waals surface area contributed by atoms with E-state index in [9.17, 15) is 0 Å². The predicted molar refractivity (Wildman–Crippen MR) is 106 cm³/mol. The van der Waals surface area contributed by atoms with Crippen LogP contribution < -0.4 is 10.6 Å². The quantitative estimate of drug-likeness (QED) is 0.586. The lowest BCUT2D eigenvalue weighted by Gasteiger charge is -2.10. The van der Waals surface area contributed by atoms with E-state index >= 15 is 0 Å². The van der Waals surface area contributed by atoms with Gasteiger partial charge in [0.1, 0.15) is 5.82 Å². The number of aromatic nitrogens is 2. The number of hydrogen-bond acceptors (Lipinski definition) is 5. The summed E-state index contributed by atoms with van der Waals surface area (Å²) in [7, 11) is 0. The summed E-state index contributed by atoms with van der Waals surface area (Å²) in [5.41, 5.74) is 5.85. The van der Waals surface area contributed by atoms with Crippen molar-refractivity contribution in [1.29, 1.82) is 5.26 Å². The lowest BCUT2D eigenvalue weighted by Crippen LogP contribution is -2.03. The summed E-state index contributed by atoms with van der Waals surface area (Å²) >= 11 is 0. The van der Waals surface area contributed by atoms with E-state index < -0.39 is 0 Å². The molecule has 128 valence electrons. The number of benzene rings is 1. The fourth-order valence-electron chi connectivity index (χ4n) is 2.66. The Labute approximate surface area is 153 Å². The molecule has 0 radical (unpaired) electrons. The summed E-state index contributed by atoms with van der Waals surface area (Å²) in [6.45, 7) is 9.58. The van der Waals surface area contributed by atoms with Crippen molar-refractivity contribution >= 4 is 23.0 Å². The van der Waals surface area contributed by atoms with Crippen LogP contribution in [0, 0.1) is 11.3 Å². The second-order valence-electron chi connectivity index (χ2n) is 5.97. The number of anilines is 3. The molecule has 1 aliphatic carbocycles. The van der Waals surface area contributed by atoms with Crippen LogP contribution in [0.5, 0.6) is 0 Å². The van der Waals surface area contributed by atoms with Gasteiger partial charge in [0.2, 0.25) is 5.95 Å². The number of rotatable bonds is 6. The van der Waals surface area contributed by atoms with Gasteiger partial charge in [0.25, 0.3) is 0 Å². The maximum atomic E-state index is 8.70. The van der Waals surface area contributed by atoms with Crippen LogP contribution in [0.1, 0.15) is 18.1 Å². The minimum atomic E-state index is 0.352. The normalized spacial score (nSPS) is 12.2. The van der Waals surface area contributed by atoms with Gasteiger partial charge in [-0.3, -0.25) is 0 Å². The van der Waals surface area contributed by atoms with Crippen LogP contribution in [0.2, 0.25) is 0 Å². The van der Waals surface area contributed by atoms with Crippen LogP contribution in [0.3, 0.4) is 0 Å². The monoisotopic (exact) mass is 341 g/mol. The van der Waals surface area contributed by atoms with Gasteiger partial charge in [-0.15, -0.1) is 0 Å². The molecule has 0 atom stereocenters. The predicted octanol–water partition coefficient (Wildman–Crippen LogP) is 4.74. The molecule has 1 aromatic carbocycles. The Morgan fingerprint density at radius 2 is 2.12 bits per heavy atom. The van der Waals surface area contributed by atoms with Crippen molar-refractivity contribution in [3.63, 3.8) is 0 Å². The van der Waals surface area contributed by atoms with E-state index in [1.807, 2.05) is 12.1 Å². The molecular weight excluding hydrogens is 322 g/mol. The number of fused-ring (bicyclic) bond motifs is 1. The van der Waals surface area contributed by atoms with E-state index in [0.29, 0.717) is 23.0 Å². The molecule has 0 amide bonds. The highest BCUT2D eigenvalue weighted by Crippen LogP contribution is 2.30. The molecule has 2 aromatic rings. The third-order valence-corrected chi connectivity index (χ3v) is 3.99. The maximum Gasteiger partial charge on any atom is 0.229 e. The van der Waals surface area contributed by atoms with Gasteiger partial charge in [0, 0.05) is 23.2 Å². The third-order valence-electron chi connectivity index (χ3n) is 3.99. The number of allylic oxidation sites excluding steroid dienone is 5. The van der Waals surface area contributed by atoms with E-state index in [-0.39, 0.29) is 0 Å². The lowest BCUT2D eigenvalue weighted by atomic mass is 10.1.